The number of amides is 2. The molecule has 20 heavy (non-hydrogen) atoms. The van der Waals surface area contributed by atoms with Crippen LogP contribution in [-0.2, 0) is 9.59 Å². The van der Waals surface area contributed by atoms with Gasteiger partial charge in [-0.3, -0.25) is 19.8 Å². The van der Waals surface area contributed by atoms with E-state index in [1.165, 1.54) is 11.0 Å². The second kappa shape index (κ2) is 5.56. The van der Waals surface area contributed by atoms with Crippen molar-refractivity contribution >= 4 is 46.4 Å². The molecule has 0 atom stereocenters. The lowest BCUT2D eigenvalue weighted by atomic mass is 10.1. The third-order valence-electron chi connectivity index (χ3n) is 2.58. The van der Waals surface area contributed by atoms with Gasteiger partial charge in [-0.1, -0.05) is 23.8 Å². The van der Waals surface area contributed by atoms with E-state index in [0.717, 1.165) is 0 Å². The Labute approximate surface area is 126 Å². The van der Waals surface area contributed by atoms with Crippen LogP contribution in [0.4, 0.5) is 5.69 Å². The zero-order chi connectivity index (χ0) is 14.9. The summed E-state index contributed by atoms with van der Waals surface area (Å²) in [6.45, 7) is 5.37. The third kappa shape index (κ3) is 2.79. The first-order chi connectivity index (χ1) is 9.40. The highest BCUT2D eigenvalue weighted by atomic mass is 35.5. The van der Waals surface area contributed by atoms with E-state index in [-0.39, 0.29) is 10.7 Å². The summed E-state index contributed by atoms with van der Waals surface area (Å²) >= 11 is 10.9. The molecule has 2 amide bonds. The molecule has 0 saturated carbocycles. The normalized spacial score (nSPS) is 17.4. The molecule has 0 aromatic heterocycles. The van der Waals surface area contributed by atoms with Crippen molar-refractivity contribution in [2.24, 2.45) is 0 Å². The van der Waals surface area contributed by atoms with Crippen molar-refractivity contribution in [1.82, 2.24) is 5.32 Å². The van der Waals surface area contributed by atoms with Crippen LogP contribution in [0.1, 0.15) is 6.92 Å². The van der Waals surface area contributed by atoms with Crippen molar-refractivity contribution in [3.05, 3.63) is 53.1 Å². The number of benzene rings is 1. The van der Waals surface area contributed by atoms with Gasteiger partial charge in [-0.05, 0) is 49.5 Å². The van der Waals surface area contributed by atoms with Gasteiger partial charge in [0, 0.05) is 5.02 Å². The van der Waals surface area contributed by atoms with Crippen LogP contribution in [0.5, 0.6) is 0 Å². The molecular weight excluding hydrogens is 296 g/mol. The number of carbonyl (C=O) groups is 2. The molecule has 0 bridgehead atoms. The van der Waals surface area contributed by atoms with Gasteiger partial charge in [0.1, 0.15) is 5.57 Å². The molecular formula is C14H11ClN2O2S. The van der Waals surface area contributed by atoms with Crippen LogP contribution in [0.2, 0.25) is 5.02 Å². The van der Waals surface area contributed by atoms with E-state index < -0.39 is 11.8 Å². The summed E-state index contributed by atoms with van der Waals surface area (Å²) in [5, 5.41) is 3.07. The Morgan fingerprint density at radius 2 is 1.95 bits per heavy atom. The Balaban J connectivity index is 2.45. The monoisotopic (exact) mass is 306 g/mol. The summed E-state index contributed by atoms with van der Waals surface area (Å²) < 4.78 is 0. The maximum absolute atomic E-state index is 12.4. The SMILES string of the molecule is C=C(C)/C=C1/C(=O)NC(=S)N(c2ccc(Cl)cc2)C1=O. The summed E-state index contributed by atoms with van der Waals surface area (Å²) in [4.78, 5) is 25.5. The van der Waals surface area contributed by atoms with Crippen molar-refractivity contribution in [3.8, 4) is 0 Å². The average Bonchev–Trinajstić information content (AvgIpc) is 2.36. The molecule has 1 N–H and O–H groups in total. The predicted octanol–water partition coefficient (Wildman–Crippen LogP) is 2.59. The summed E-state index contributed by atoms with van der Waals surface area (Å²) in [6, 6.07) is 6.60. The first-order valence-corrected chi connectivity index (χ1v) is 6.51. The molecule has 4 nitrogen and oxygen atoms in total. The van der Waals surface area contributed by atoms with Gasteiger partial charge >= 0.3 is 0 Å². The lowest BCUT2D eigenvalue weighted by molar-refractivity contribution is -0.122. The molecule has 0 spiro atoms. The molecule has 1 aliphatic heterocycles. The van der Waals surface area contributed by atoms with Crippen LogP contribution < -0.4 is 10.2 Å². The Bertz CT molecular complexity index is 650. The topological polar surface area (TPSA) is 49.4 Å². The number of hydrogen-bond acceptors (Lipinski definition) is 3. The largest absolute Gasteiger partial charge is 0.298 e. The van der Waals surface area contributed by atoms with Crippen LogP contribution in [0, 0.1) is 0 Å². The molecule has 0 aliphatic carbocycles. The fraction of sp³-hybridized carbons (Fsp3) is 0.0714. The Morgan fingerprint density at radius 1 is 1.35 bits per heavy atom. The number of allylic oxidation sites excluding steroid dienone is 2. The lowest BCUT2D eigenvalue weighted by Gasteiger charge is -2.28. The minimum Gasteiger partial charge on any atom is -0.298 e. The summed E-state index contributed by atoms with van der Waals surface area (Å²) in [5.41, 5.74) is 1.14. The second-order valence-electron chi connectivity index (χ2n) is 4.28. The predicted molar refractivity (Wildman–Crippen MR) is 82.6 cm³/mol. The van der Waals surface area contributed by atoms with Crippen molar-refractivity contribution in [3.63, 3.8) is 0 Å². The van der Waals surface area contributed by atoms with E-state index in [1.807, 2.05) is 0 Å². The Kier molecular flexibility index (Phi) is 4.01. The van der Waals surface area contributed by atoms with Gasteiger partial charge in [-0.2, -0.15) is 0 Å². The smallest absolute Gasteiger partial charge is 0.270 e. The summed E-state index contributed by atoms with van der Waals surface area (Å²) in [7, 11) is 0. The van der Waals surface area contributed by atoms with Crippen LogP contribution in [0.15, 0.2) is 48.1 Å². The molecule has 1 heterocycles. The van der Waals surface area contributed by atoms with E-state index in [4.69, 9.17) is 23.8 Å². The number of nitrogens with zero attached hydrogens (tertiary/aromatic N) is 1. The third-order valence-corrected chi connectivity index (χ3v) is 3.11. The molecule has 1 fully saturated rings. The molecule has 2 rings (SSSR count). The number of hydrogen-bond donors (Lipinski definition) is 1. The van der Waals surface area contributed by atoms with Gasteiger partial charge in [-0.15, -0.1) is 0 Å². The van der Waals surface area contributed by atoms with E-state index in [1.54, 1.807) is 31.2 Å². The first kappa shape index (κ1) is 14.4. The summed E-state index contributed by atoms with van der Waals surface area (Å²) in [5.74, 6) is -1.00. The van der Waals surface area contributed by atoms with Gasteiger partial charge in [0.2, 0.25) is 0 Å². The zero-order valence-electron chi connectivity index (χ0n) is 10.6. The highest BCUT2D eigenvalue weighted by Gasteiger charge is 2.34. The lowest BCUT2D eigenvalue weighted by Crippen LogP contribution is -2.54. The van der Waals surface area contributed by atoms with Crippen LogP contribution in [0.25, 0.3) is 0 Å². The average molecular weight is 307 g/mol. The van der Waals surface area contributed by atoms with Gasteiger partial charge in [0.25, 0.3) is 11.8 Å². The van der Waals surface area contributed by atoms with E-state index in [9.17, 15) is 9.59 Å². The van der Waals surface area contributed by atoms with Crippen LogP contribution in [-0.4, -0.2) is 16.9 Å². The number of thiocarbonyl (C=S) groups is 1. The Hall–Kier alpha value is -1.98. The van der Waals surface area contributed by atoms with Gasteiger partial charge in [-0.25, -0.2) is 0 Å². The maximum Gasteiger partial charge on any atom is 0.270 e. The van der Waals surface area contributed by atoms with Gasteiger partial charge < -0.3 is 0 Å². The fourth-order valence-corrected chi connectivity index (χ4v) is 2.14. The van der Waals surface area contributed by atoms with E-state index >= 15 is 0 Å². The fourth-order valence-electron chi connectivity index (χ4n) is 1.73. The number of rotatable bonds is 2. The number of nitrogens with one attached hydrogen (secondary N) is 1. The van der Waals surface area contributed by atoms with Crippen molar-refractivity contribution in [2.45, 2.75) is 6.92 Å². The zero-order valence-corrected chi connectivity index (χ0v) is 12.2. The standard InChI is InChI=1S/C14H11ClN2O2S/c1-8(2)7-11-12(18)16-14(20)17(13(11)19)10-5-3-9(15)4-6-10/h3-7H,1H2,2H3,(H,16,18,20)/b11-7-. The molecule has 1 aromatic carbocycles. The van der Waals surface area contributed by atoms with Crippen molar-refractivity contribution < 1.29 is 9.59 Å². The number of carbonyl (C=O) groups excluding carboxylic acids is 2. The van der Waals surface area contributed by atoms with E-state index in [2.05, 4.69) is 11.9 Å². The molecule has 0 radical (unpaired) electrons. The summed E-state index contributed by atoms with van der Waals surface area (Å²) in [6.07, 6.45) is 1.43. The quantitative estimate of drug-likeness (QED) is 0.519. The Morgan fingerprint density at radius 3 is 2.50 bits per heavy atom. The molecule has 1 aliphatic rings. The second-order valence-corrected chi connectivity index (χ2v) is 5.10. The highest BCUT2D eigenvalue weighted by molar-refractivity contribution is 7.80. The van der Waals surface area contributed by atoms with Crippen molar-refractivity contribution in [1.29, 1.82) is 0 Å². The number of halogens is 1. The van der Waals surface area contributed by atoms with Crippen molar-refractivity contribution in [2.75, 3.05) is 4.90 Å². The molecule has 102 valence electrons. The van der Waals surface area contributed by atoms with Gasteiger partial charge in [0.15, 0.2) is 5.11 Å². The van der Waals surface area contributed by atoms with Crippen LogP contribution in [0.3, 0.4) is 0 Å². The maximum atomic E-state index is 12.4. The van der Waals surface area contributed by atoms with E-state index in [0.29, 0.717) is 16.3 Å². The van der Waals surface area contributed by atoms with Gasteiger partial charge in [0.05, 0.1) is 5.69 Å². The number of anilines is 1. The minimum absolute atomic E-state index is 0.000972. The molecule has 1 aromatic rings. The molecule has 0 unspecified atom stereocenters. The minimum atomic E-state index is -0.520. The highest BCUT2D eigenvalue weighted by Crippen LogP contribution is 2.22. The first-order valence-electron chi connectivity index (χ1n) is 5.72. The molecule has 1 saturated heterocycles. The van der Waals surface area contributed by atoms with Crippen LogP contribution >= 0.6 is 23.8 Å². The molecule has 6 heteroatoms.